The average molecular weight is 688 g/mol. The van der Waals surface area contributed by atoms with Crippen LogP contribution in [0.4, 0.5) is 4.79 Å². The lowest BCUT2D eigenvalue weighted by atomic mass is 9.88. The Bertz CT molecular complexity index is 1570. The number of carbonyl (C=O) groups excluding carboxylic acids is 2. The van der Waals surface area contributed by atoms with Crippen molar-refractivity contribution in [3.05, 3.63) is 108 Å². The number of amides is 2. The number of nitrogens with one attached hydrogen (secondary N) is 2. The zero-order valence-electron chi connectivity index (χ0n) is 29.0. The highest BCUT2D eigenvalue weighted by Gasteiger charge is 2.33. The molecule has 5 rings (SSSR count). The fourth-order valence-corrected chi connectivity index (χ4v) is 6.06. The molecule has 1 unspecified atom stereocenters. The molecular formula is C39H49N3O8. The first-order valence-electron chi connectivity index (χ1n) is 17.2. The van der Waals surface area contributed by atoms with E-state index in [2.05, 4.69) is 15.5 Å². The molecule has 1 saturated heterocycles. The Labute approximate surface area is 294 Å². The summed E-state index contributed by atoms with van der Waals surface area (Å²) < 4.78 is 22.4. The van der Waals surface area contributed by atoms with Gasteiger partial charge in [0.05, 0.1) is 25.4 Å². The van der Waals surface area contributed by atoms with Gasteiger partial charge in [0.25, 0.3) is 0 Å². The molecule has 0 aromatic heterocycles. The maximum absolute atomic E-state index is 14.1. The first-order valence-corrected chi connectivity index (χ1v) is 17.2. The molecule has 0 spiro atoms. The van der Waals surface area contributed by atoms with Gasteiger partial charge in [-0.3, -0.25) is 9.69 Å². The molecule has 0 bridgehead atoms. The second-order valence-electron chi connectivity index (χ2n) is 13.7. The van der Waals surface area contributed by atoms with Crippen molar-refractivity contribution in [3.63, 3.8) is 0 Å². The van der Waals surface area contributed by atoms with Crippen molar-refractivity contribution >= 4 is 12.0 Å². The van der Waals surface area contributed by atoms with Crippen molar-refractivity contribution in [2.75, 3.05) is 39.5 Å². The summed E-state index contributed by atoms with van der Waals surface area (Å²) in [6.07, 6.45) is 0.0747. The van der Waals surface area contributed by atoms with E-state index < -0.39 is 35.8 Å². The van der Waals surface area contributed by atoms with E-state index in [1.807, 2.05) is 66.7 Å². The third-order valence-electron chi connectivity index (χ3n) is 8.67. The molecule has 4 atom stereocenters. The van der Waals surface area contributed by atoms with Crippen LogP contribution in [-0.4, -0.2) is 84.3 Å². The van der Waals surface area contributed by atoms with Crippen LogP contribution < -0.4 is 20.1 Å². The van der Waals surface area contributed by atoms with Gasteiger partial charge in [-0.05, 0) is 69.4 Å². The monoisotopic (exact) mass is 687 g/mol. The van der Waals surface area contributed by atoms with E-state index in [9.17, 15) is 19.8 Å². The van der Waals surface area contributed by atoms with E-state index in [1.54, 1.807) is 32.9 Å². The van der Waals surface area contributed by atoms with Crippen molar-refractivity contribution < 1.29 is 38.7 Å². The number of hydrogen-bond donors (Lipinski definition) is 4. The SMILES string of the molecule is CC(C)(C)OC(=O)N[C@@H](Cc1ccccc1)[C@@H](O)C[C@@H](Cc1ccc(OCCN2CCOCC2)cc1)C(=O)NC1C(O)=COc2ccccc21. The van der Waals surface area contributed by atoms with Gasteiger partial charge >= 0.3 is 6.09 Å². The quantitative estimate of drug-likeness (QED) is 0.183. The molecular weight excluding hydrogens is 638 g/mol. The lowest BCUT2D eigenvalue weighted by Gasteiger charge is -2.30. The summed E-state index contributed by atoms with van der Waals surface area (Å²) in [6, 6.07) is 22.7. The number of fused-ring (bicyclic) bond motifs is 1. The van der Waals surface area contributed by atoms with Crippen molar-refractivity contribution in [1.82, 2.24) is 15.5 Å². The third kappa shape index (κ3) is 11.0. The van der Waals surface area contributed by atoms with E-state index in [-0.39, 0.29) is 24.5 Å². The molecule has 11 nitrogen and oxygen atoms in total. The number of aliphatic hydroxyl groups is 2. The molecule has 2 heterocycles. The standard InChI is InChI=1S/C39H49N3O8/c1-39(2,3)50-38(46)40-32(24-27-9-5-4-6-10-27)33(43)25-29(37(45)41-36-31-11-7-8-12-35(31)49-26-34(36)44)23-28-13-15-30(16-14-28)48-22-19-42-17-20-47-21-18-42/h4-16,26,29,32-33,36,43-44H,17-25H2,1-3H3,(H,40,46)(H,41,45)/t29-,32+,33+,36?/m1/s1. The number of alkyl carbamates (subject to hydrolysis) is 1. The molecule has 1 fully saturated rings. The molecule has 3 aromatic carbocycles. The molecule has 11 heteroatoms. The van der Waals surface area contributed by atoms with Gasteiger partial charge < -0.3 is 39.8 Å². The van der Waals surface area contributed by atoms with Gasteiger partial charge in [0.15, 0.2) is 5.76 Å². The Morgan fingerprint density at radius 1 is 0.940 bits per heavy atom. The largest absolute Gasteiger partial charge is 0.507 e. The molecule has 0 saturated carbocycles. The Hall–Kier alpha value is -4.58. The number of nitrogens with zero attached hydrogens (tertiary/aromatic N) is 1. The smallest absolute Gasteiger partial charge is 0.407 e. The lowest BCUT2D eigenvalue weighted by Crippen LogP contribution is -2.48. The first-order chi connectivity index (χ1) is 24.0. The molecule has 0 radical (unpaired) electrons. The number of benzene rings is 3. The molecule has 3 aromatic rings. The van der Waals surface area contributed by atoms with Gasteiger partial charge in [-0.25, -0.2) is 4.79 Å². The number of morpholine rings is 1. The topological polar surface area (TPSA) is 139 Å². The second kappa shape index (κ2) is 17.4. The van der Waals surface area contributed by atoms with Gasteiger partial charge in [0.2, 0.25) is 5.91 Å². The van der Waals surface area contributed by atoms with E-state index in [4.69, 9.17) is 18.9 Å². The summed E-state index contributed by atoms with van der Waals surface area (Å²) in [7, 11) is 0. The highest BCUT2D eigenvalue weighted by atomic mass is 16.6. The first kappa shape index (κ1) is 36.7. The van der Waals surface area contributed by atoms with Gasteiger partial charge in [-0.2, -0.15) is 0 Å². The Morgan fingerprint density at radius 3 is 2.34 bits per heavy atom. The van der Waals surface area contributed by atoms with Gasteiger partial charge in [0, 0.05) is 31.1 Å². The number of ether oxygens (including phenoxy) is 4. The number of hydrogen-bond acceptors (Lipinski definition) is 9. The molecule has 2 aliphatic rings. The number of carbonyl (C=O) groups is 2. The molecule has 4 N–H and O–H groups in total. The minimum absolute atomic E-state index is 0.0201. The Balaban J connectivity index is 1.33. The highest BCUT2D eigenvalue weighted by molar-refractivity contribution is 5.80. The third-order valence-corrected chi connectivity index (χ3v) is 8.67. The zero-order chi connectivity index (χ0) is 35.5. The molecule has 0 aliphatic carbocycles. The van der Waals surface area contributed by atoms with Gasteiger partial charge in [-0.1, -0.05) is 60.7 Å². The highest BCUT2D eigenvalue weighted by Crippen LogP contribution is 2.34. The van der Waals surface area contributed by atoms with Crippen LogP contribution in [0.3, 0.4) is 0 Å². The summed E-state index contributed by atoms with van der Waals surface area (Å²) >= 11 is 0. The predicted molar refractivity (Wildman–Crippen MR) is 189 cm³/mol. The average Bonchev–Trinajstić information content (AvgIpc) is 3.09. The van der Waals surface area contributed by atoms with Crippen LogP contribution in [0.5, 0.6) is 11.5 Å². The summed E-state index contributed by atoms with van der Waals surface area (Å²) in [6.45, 7) is 9.93. The van der Waals surface area contributed by atoms with E-state index in [0.29, 0.717) is 24.3 Å². The Morgan fingerprint density at radius 2 is 1.62 bits per heavy atom. The maximum Gasteiger partial charge on any atom is 0.407 e. The minimum atomic E-state index is -1.12. The second-order valence-corrected chi connectivity index (χ2v) is 13.7. The maximum atomic E-state index is 14.1. The number of para-hydroxylation sites is 1. The summed E-state index contributed by atoms with van der Waals surface area (Å²) in [5.41, 5.74) is 1.66. The van der Waals surface area contributed by atoms with Crippen LogP contribution in [0.1, 0.15) is 49.9 Å². The summed E-state index contributed by atoms with van der Waals surface area (Å²) in [5, 5.41) is 28.3. The minimum Gasteiger partial charge on any atom is -0.507 e. The van der Waals surface area contributed by atoms with Crippen molar-refractivity contribution in [1.29, 1.82) is 0 Å². The van der Waals surface area contributed by atoms with E-state index in [0.717, 1.165) is 49.7 Å². The van der Waals surface area contributed by atoms with Gasteiger partial charge in [0.1, 0.15) is 36.0 Å². The molecule has 268 valence electrons. The lowest BCUT2D eigenvalue weighted by molar-refractivity contribution is -0.127. The Kier molecular flexibility index (Phi) is 12.8. The fourth-order valence-electron chi connectivity index (χ4n) is 6.06. The summed E-state index contributed by atoms with van der Waals surface area (Å²) in [5.74, 6) is 0.0117. The van der Waals surface area contributed by atoms with Crippen LogP contribution in [0.15, 0.2) is 90.9 Å². The van der Waals surface area contributed by atoms with E-state index in [1.165, 1.54) is 6.26 Å². The molecule has 50 heavy (non-hydrogen) atoms. The normalized spacial score (nSPS) is 18.0. The molecule has 2 aliphatic heterocycles. The van der Waals surface area contributed by atoms with Crippen LogP contribution >= 0.6 is 0 Å². The van der Waals surface area contributed by atoms with Crippen molar-refractivity contribution in [3.8, 4) is 11.5 Å². The summed E-state index contributed by atoms with van der Waals surface area (Å²) in [4.78, 5) is 29.3. The van der Waals surface area contributed by atoms with Crippen molar-refractivity contribution in [2.45, 2.75) is 63.8 Å². The van der Waals surface area contributed by atoms with Crippen LogP contribution in [0.25, 0.3) is 0 Å². The predicted octanol–water partition coefficient (Wildman–Crippen LogP) is 5.09. The van der Waals surface area contributed by atoms with E-state index >= 15 is 0 Å². The van der Waals surface area contributed by atoms with Crippen molar-refractivity contribution in [2.24, 2.45) is 5.92 Å². The zero-order valence-corrected chi connectivity index (χ0v) is 29.0. The van der Waals surface area contributed by atoms with Crippen LogP contribution in [0, 0.1) is 5.92 Å². The fraction of sp³-hybridized carbons (Fsp3) is 0.436. The number of rotatable bonds is 14. The molecule has 2 amide bonds. The van der Waals surface area contributed by atoms with Crippen LogP contribution in [0.2, 0.25) is 0 Å². The number of aliphatic hydroxyl groups excluding tert-OH is 2. The van der Waals surface area contributed by atoms with Crippen LogP contribution in [-0.2, 0) is 27.1 Å². The van der Waals surface area contributed by atoms with Gasteiger partial charge in [-0.15, -0.1) is 0 Å².